The number of aromatic nitrogens is 2. The molecule has 1 aliphatic carbocycles. The average Bonchev–Trinajstić information content (AvgIpc) is 2.97. The van der Waals surface area contributed by atoms with E-state index in [1.807, 2.05) is 18.7 Å². The molecule has 1 aromatic heterocycles. The van der Waals surface area contributed by atoms with Crippen molar-refractivity contribution in [1.82, 2.24) is 9.55 Å². The molecule has 1 heterocycles. The van der Waals surface area contributed by atoms with Crippen LogP contribution in [0.1, 0.15) is 49.9 Å². The minimum atomic E-state index is 0.333. The van der Waals surface area contributed by atoms with E-state index < -0.39 is 0 Å². The topological polar surface area (TPSA) is 17.8 Å². The van der Waals surface area contributed by atoms with Crippen LogP contribution in [-0.4, -0.2) is 9.55 Å². The van der Waals surface area contributed by atoms with Gasteiger partial charge >= 0.3 is 0 Å². The van der Waals surface area contributed by atoms with Crippen LogP contribution >= 0.6 is 0 Å². The molecule has 0 fully saturated rings. The summed E-state index contributed by atoms with van der Waals surface area (Å²) in [7, 11) is 0. The predicted octanol–water partition coefficient (Wildman–Crippen LogP) is 3.72. The van der Waals surface area contributed by atoms with Crippen LogP contribution in [0.2, 0.25) is 0 Å². The summed E-state index contributed by atoms with van der Waals surface area (Å²) in [6, 6.07) is 7.33. The van der Waals surface area contributed by atoms with Crippen molar-refractivity contribution >= 4 is 0 Å². The average molecular weight is 240 g/mol. The Morgan fingerprint density at radius 3 is 2.89 bits per heavy atom. The molecular formula is C16H20N2. The summed E-state index contributed by atoms with van der Waals surface area (Å²) in [5.41, 5.74) is 4.77. The third kappa shape index (κ3) is 1.76. The fourth-order valence-electron chi connectivity index (χ4n) is 2.95. The molecule has 3 rings (SSSR count). The first-order valence-electron chi connectivity index (χ1n) is 6.69. The van der Waals surface area contributed by atoms with Crippen LogP contribution < -0.4 is 0 Å². The summed E-state index contributed by atoms with van der Waals surface area (Å²) in [5.74, 6) is 0. The van der Waals surface area contributed by atoms with Gasteiger partial charge in [0, 0.05) is 12.4 Å². The summed E-state index contributed by atoms with van der Waals surface area (Å²) < 4.78 is 2.16. The van der Waals surface area contributed by atoms with Crippen LogP contribution in [0, 0.1) is 0 Å². The van der Waals surface area contributed by atoms with E-state index in [9.17, 15) is 0 Å². The van der Waals surface area contributed by atoms with Crippen LogP contribution in [0.5, 0.6) is 0 Å². The van der Waals surface area contributed by atoms with Gasteiger partial charge in [0.05, 0.1) is 12.4 Å². The van der Waals surface area contributed by atoms with Crippen molar-refractivity contribution in [3.8, 4) is 0 Å². The summed E-state index contributed by atoms with van der Waals surface area (Å²) in [5, 5.41) is 0. The quantitative estimate of drug-likeness (QED) is 0.782. The smallest absolute Gasteiger partial charge is 0.0951 e. The van der Waals surface area contributed by atoms with Crippen molar-refractivity contribution in [2.45, 2.75) is 45.1 Å². The first-order chi connectivity index (χ1) is 8.58. The lowest BCUT2D eigenvalue weighted by atomic mass is 9.85. The van der Waals surface area contributed by atoms with Gasteiger partial charge in [-0.05, 0) is 41.9 Å². The molecule has 0 saturated carbocycles. The Morgan fingerprint density at radius 2 is 2.17 bits per heavy atom. The number of benzene rings is 1. The highest BCUT2D eigenvalue weighted by Crippen LogP contribution is 2.39. The fraction of sp³-hybridized carbons (Fsp3) is 0.438. The second kappa shape index (κ2) is 3.98. The first kappa shape index (κ1) is 11.5. The van der Waals surface area contributed by atoms with Gasteiger partial charge in [-0.3, -0.25) is 0 Å². The zero-order valence-electron chi connectivity index (χ0n) is 11.4. The number of hydrogen-bond acceptors (Lipinski definition) is 1. The molecule has 94 valence electrons. The fourth-order valence-corrected chi connectivity index (χ4v) is 2.95. The Hall–Kier alpha value is -1.57. The van der Waals surface area contributed by atoms with Crippen molar-refractivity contribution in [1.29, 1.82) is 0 Å². The standard InChI is InChI=1S/C16H20N2/c1-12(18-9-8-17-11-18)14-5-4-13-6-7-16(2,3)15(13)10-14/h4-5,8-12H,6-7H2,1-3H3. The lowest BCUT2D eigenvalue weighted by Gasteiger charge is -2.21. The molecule has 18 heavy (non-hydrogen) atoms. The molecule has 2 nitrogen and oxygen atoms in total. The van der Waals surface area contributed by atoms with Crippen LogP contribution in [0.15, 0.2) is 36.9 Å². The highest BCUT2D eigenvalue weighted by Gasteiger charge is 2.30. The Morgan fingerprint density at radius 1 is 1.33 bits per heavy atom. The number of nitrogens with zero attached hydrogens (tertiary/aromatic N) is 2. The van der Waals surface area contributed by atoms with E-state index in [1.54, 1.807) is 0 Å². The van der Waals surface area contributed by atoms with E-state index >= 15 is 0 Å². The molecule has 0 radical (unpaired) electrons. The maximum absolute atomic E-state index is 4.13. The van der Waals surface area contributed by atoms with Gasteiger partial charge in [0.25, 0.3) is 0 Å². The Bertz CT molecular complexity index is 552. The van der Waals surface area contributed by atoms with Gasteiger partial charge in [0.15, 0.2) is 0 Å². The Kier molecular flexibility index (Phi) is 2.54. The number of hydrogen-bond donors (Lipinski definition) is 0. The monoisotopic (exact) mass is 240 g/mol. The van der Waals surface area contributed by atoms with E-state index in [1.165, 1.54) is 29.5 Å². The summed E-state index contributed by atoms with van der Waals surface area (Å²) in [4.78, 5) is 4.13. The third-order valence-corrected chi connectivity index (χ3v) is 4.34. The lowest BCUT2D eigenvalue weighted by Crippen LogP contribution is -2.13. The normalized spacial score (nSPS) is 18.6. The molecule has 1 atom stereocenters. The van der Waals surface area contributed by atoms with E-state index in [0.717, 1.165) is 0 Å². The predicted molar refractivity (Wildman–Crippen MR) is 73.8 cm³/mol. The lowest BCUT2D eigenvalue weighted by molar-refractivity contribution is 0.521. The van der Waals surface area contributed by atoms with E-state index in [0.29, 0.717) is 11.5 Å². The second-order valence-corrected chi connectivity index (χ2v) is 5.99. The summed E-state index contributed by atoms with van der Waals surface area (Å²) >= 11 is 0. The molecule has 2 heteroatoms. The van der Waals surface area contributed by atoms with E-state index in [2.05, 4.69) is 48.5 Å². The molecular weight excluding hydrogens is 220 g/mol. The second-order valence-electron chi connectivity index (χ2n) is 5.99. The van der Waals surface area contributed by atoms with E-state index in [4.69, 9.17) is 0 Å². The highest BCUT2D eigenvalue weighted by atomic mass is 15.0. The van der Waals surface area contributed by atoms with Gasteiger partial charge < -0.3 is 4.57 Å². The van der Waals surface area contributed by atoms with Gasteiger partial charge in [-0.1, -0.05) is 32.0 Å². The van der Waals surface area contributed by atoms with Gasteiger partial charge in [-0.2, -0.15) is 0 Å². The van der Waals surface area contributed by atoms with Crippen LogP contribution in [0.25, 0.3) is 0 Å². The molecule has 0 amide bonds. The third-order valence-electron chi connectivity index (χ3n) is 4.34. The van der Waals surface area contributed by atoms with Crippen LogP contribution in [0.3, 0.4) is 0 Å². The number of fused-ring (bicyclic) bond motifs is 1. The zero-order valence-corrected chi connectivity index (χ0v) is 11.4. The van der Waals surface area contributed by atoms with Crippen molar-refractivity contribution in [2.75, 3.05) is 0 Å². The van der Waals surface area contributed by atoms with Gasteiger partial charge in [0.1, 0.15) is 0 Å². The largest absolute Gasteiger partial charge is 0.330 e. The molecule has 0 aliphatic heterocycles. The van der Waals surface area contributed by atoms with Crippen LogP contribution in [0.4, 0.5) is 0 Å². The van der Waals surface area contributed by atoms with Crippen molar-refractivity contribution in [3.05, 3.63) is 53.6 Å². The Balaban J connectivity index is 2.00. The molecule has 0 spiro atoms. The Labute approximate surface area is 109 Å². The molecule has 0 N–H and O–H groups in total. The van der Waals surface area contributed by atoms with E-state index in [-0.39, 0.29) is 0 Å². The number of aryl methyl sites for hydroxylation is 1. The minimum absolute atomic E-state index is 0.333. The maximum Gasteiger partial charge on any atom is 0.0951 e. The number of imidazole rings is 1. The van der Waals surface area contributed by atoms with Gasteiger partial charge in [-0.15, -0.1) is 0 Å². The maximum atomic E-state index is 4.13. The van der Waals surface area contributed by atoms with Crippen molar-refractivity contribution < 1.29 is 0 Å². The van der Waals surface area contributed by atoms with Gasteiger partial charge in [-0.25, -0.2) is 4.98 Å². The van der Waals surface area contributed by atoms with Crippen LogP contribution in [-0.2, 0) is 11.8 Å². The summed E-state index contributed by atoms with van der Waals surface area (Å²) in [6.07, 6.45) is 8.26. The first-order valence-corrected chi connectivity index (χ1v) is 6.69. The molecule has 1 unspecified atom stereocenters. The molecule has 2 aromatic rings. The summed E-state index contributed by atoms with van der Waals surface area (Å²) in [6.45, 7) is 6.93. The van der Waals surface area contributed by atoms with Crippen molar-refractivity contribution in [2.24, 2.45) is 0 Å². The number of rotatable bonds is 2. The molecule has 0 bridgehead atoms. The molecule has 1 aliphatic rings. The van der Waals surface area contributed by atoms with Gasteiger partial charge in [0.2, 0.25) is 0 Å². The van der Waals surface area contributed by atoms with Crippen molar-refractivity contribution in [3.63, 3.8) is 0 Å². The molecule has 1 aromatic carbocycles. The SMILES string of the molecule is CC(c1ccc2c(c1)C(C)(C)CC2)n1ccnc1. The zero-order chi connectivity index (χ0) is 12.8. The minimum Gasteiger partial charge on any atom is -0.330 e. The molecule has 0 saturated heterocycles. The highest BCUT2D eigenvalue weighted by molar-refractivity contribution is 5.42.